The fourth-order valence-electron chi connectivity index (χ4n) is 1.93. The standard InChI is InChI=1S/C9H19N5O/c1-2-7(8(10)11)13-3-5-14(6-4-13)9(12)15/h7H,2-6H2,1H3,(H3,10,11)(H2,12,15). The molecule has 1 fully saturated rings. The molecule has 86 valence electrons. The van der Waals surface area contributed by atoms with Crippen molar-refractivity contribution in [1.82, 2.24) is 9.80 Å². The molecule has 1 saturated heterocycles. The van der Waals surface area contributed by atoms with Gasteiger partial charge in [0.1, 0.15) is 5.84 Å². The van der Waals surface area contributed by atoms with E-state index in [9.17, 15) is 4.79 Å². The van der Waals surface area contributed by atoms with Gasteiger partial charge in [-0.05, 0) is 6.42 Å². The minimum Gasteiger partial charge on any atom is -0.386 e. The van der Waals surface area contributed by atoms with Crippen LogP contribution in [0.15, 0.2) is 0 Å². The Bertz CT molecular complexity index is 247. The third-order valence-electron chi connectivity index (χ3n) is 2.81. The van der Waals surface area contributed by atoms with Crippen LogP contribution in [0.2, 0.25) is 0 Å². The molecule has 0 bridgehead atoms. The Morgan fingerprint density at radius 2 is 1.87 bits per heavy atom. The lowest BCUT2D eigenvalue weighted by Crippen LogP contribution is -2.55. The van der Waals surface area contributed by atoms with Crippen LogP contribution in [0.25, 0.3) is 0 Å². The van der Waals surface area contributed by atoms with Crippen molar-refractivity contribution in [1.29, 1.82) is 5.41 Å². The van der Waals surface area contributed by atoms with E-state index in [1.165, 1.54) is 0 Å². The summed E-state index contributed by atoms with van der Waals surface area (Å²) in [6.07, 6.45) is 0.825. The summed E-state index contributed by atoms with van der Waals surface area (Å²) >= 11 is 0. The summed E-state index contributed by atoms with van der Waals surface area (Å²) in [6.45, 7) is 4.73. The van der Waals surface area contributed by atoms with Crippen molar-refractivity contribution in [2.45, 2.75) is 19.4 Å². The van der Waals surface area contributed by atoms with Gasteiger partial charge in [0, 0.05) is 26.2 Å². The molecule has 1 aliphatic rings. The second-order valence-electron chi connectivity index (χ2n) is 3.74. The fourth-order valence-corrected chi connectivity index (χ4v) is 1.93. The first kappa shape index (κ1) is 11.8. The van der Waals surface area contributed by atoms with E-state index in [0.29, 0.717) is 13.1 Å². The molecule has 0 saturated carbocycles. The first-order valence-corrected chi connectivity index (χ1v) is 5.18. The molecule has 1 unspecified atom stereocenters. The van der Waals surface area contributed by atoms with Gasteiger partial charge in [0.15, 0.2) is 0 Å². The number of hydrogen-bond acceptors (Lipinski definition) is 3. The normalized spacial score (nSPS) is 19.9. The topological polar surface area (TPSA) is 99.4 Å². The number of carbonyl (C=O) groups is 1. The van der Waals surface area contributed by atoms with Gasteiger partial charge in [-0.1, -0.05) is 6.92 Å². The van der Waals surface area contributed by atoms with Gasteiger partial charge in [-0.2, -0.15) is 0 Å². The SMILES string of the molecule is CCC(C(=N)N)N1CCN(C(N)=O)CC1. The van der Waals surface area contributed by atoms with E-state index in [-0.39, 0.29) is 17.9 Å². The highest BCUT2D eigenvalue weighted by molar-refractivity contribution is 5.82. The van der Waals surface area contributed by atoms with E-state index in [1.54, 1.807) is 4.90 Å². The zero-order valence-corrected chi connectivity index (χ0v) is 9.07. The Morgan fingerprint density at radius 3 is 2.20 bits per heavy atom. The van der Waals surface area contributed by atoms with E-state index in [4.69, 9.17) is 16.9 Å². The van der Waals surface area contributed by atoms with Gasteiger partial charge < -0.3 is 16.4 Å². The second kappa shape index (κ2) is 4.97. The second-order valence-corrected chi connectivity index (χ2v) is 3.74. The van der Waals surface area contributed by atoms with Gasteiger partial charge >= 0.3 is 6.03 Å². The molecule has 0 aromatic rings. The molecule has 0 aromatic carbocycles. The zero-order valence-electron chi connectivity index (χ0n) is 9.07. The summed E-state index contributed by atoms with van der Waals surface area (Å²) < 4.78 is 0. The van der Waals surface area contributed by atoms with E-state index in [1.807, 2.05) is 6.92 Å². The van der Waals surface area contributed by atoms with Gasteiger partial charge in [-0.3, -0.25) is 10.3 Å². The van der Waals surface area contributed by atoms with Crippen LogP contribution in [-0.2, 0) is 0 Å². The Balaban J connectivity index is 2.49. The van der Waals surface area contributed by atoms with Gasteiger partial charge in [-0.25, -0.2) is 4.79 Å². The molecule has 1 heterocycles. The van der Waals surface area contributed by atoms with Crippen LogP contribution in [0.3, 0.4) is 0 Å². The van der Waals surface area contributed by atoms with Crippen molar-refractivity contribution in [3.8, 4) is 0 Å². The molecule has 5 N–H and O–H groups in total. The maximum atomic E-state index is 10.9. The highest BCUT2D eigenvalue weighted by Crippen LogP contribution is 2.08. The summed E-state index contributed by atoms with van der Waals surface area (Å²) in [5.41, 5.74) is 10.7. The van der Waals surface area contributed by atoms with E-state index in [2.05, 4.69) is 4.90 Å². The molecule has 1 rings (SSSR count). The molecule has 0 aromatic heterocycles. The molecule has 6 nitrogen and oxygen atoms in total. The lowest BCUT2D eigenvalue weighted by molar-refractivity contribution is 0.130. The first-order chi connectivity index (χ1) is 7.06. The number of nitrogens with one attached hydrogen (secondary N) is 1. The van der Waals surface area contributed by atoms with Gasteiger partial charge in [0.2, 0.25) is 0 Å². The van der Waals surface area contributed by atoms with Crippen LogP contribution in [0.5, 0.6) is 0 Å². The van der Waals surface area contributed by atoms with Crippen molar-refractivity contribution in [2.75, 3.05) is 26.2 Å². The highest BCUT2D eigenvalue weighted by Gasteiger charge is 2.25. The summed E-state index contributed by atoms with van der Waals surface area (Å²) in [5.74, 6) is 0.199. The highest BCUT2D eigenvalue weighted by atomic mass is 16.2. The smallest absolute Gasteiger partial charge is 0.314 e. The lowest BCUT2D eigenvalue weighted by Gasteiger charge is -2.37. The number of urea groups is 1. The van der Waals surface area contributed by atoms with Crippen molar-refractivity contribution in [3.05, 3.63) is 0 Å². The molecule has 1 aliphatic heterocycles. The maximum Gasteiger partial charge on any atom is 0.314 e. The monoisotopic (exact) mass is 213 g/mol. The van der Waals surface area contributed by atoms with E-state index < -0.39 is 0 Å². The predicted molar refractivity (Wildman–Crippen MR) is 58.7 cm³/mol. The molecule has 2 amide bonds. The van der Waals surface area contributed by atoms with Crippen molar-refractivity contribution < 1.29 is 4.79 Å². The third kappa shape index (κ3) is 2.82. The number of nitrogens with zero attached hydrogens (tertiary/aromatic N) is 2. The molecule has 0 spiro atoms. The Kier molecular flexibility index (Phi) is 3.90. The number of amidine groups is 1. The predicted octanol–water partition coefficient (Wildman–Crippen LogP) is -0.603. The Labute approximate surface area is 89.7 Å². The molecule has 6 heteroatoms. The lowest BCUT2D eigenvalue weighted by atomic mass is 10.1. The van der Waals surface area contributed by atoms with Crippen LogP contribution >= 0.6 is 0 Å². The number of piperazine rings is 1. The average Bonchev–Trinajstić information content (AvgIpc) is 2.19. The van der Waals surface area contributed by atoms with Crippen LogP contribution in [0, 0.1) is 5.41 Å². The van der Waals surface area contributed by atoms with E-state index >= 15 is 0 Å². The van der Waals surface area contributed by atoms with Crippen LogP contribution in [-0.4, -0.2) is 53.9 Å². The zero-order chi connectivity index (χ0) is 11.4. The summed E-state index contributed by atoms with van der Waals surface area (Å²) in [7, 11) is 0. The minimum absolute atomic E-state index is 0.0000246. The van der Waals surface area contributed by atoms with Crippen LogP contribution in [0.4, 0.5) is 4.79 Å². The Morgan fingerprint density at radius 1 is 1.33 bits per heavy atom. The van der Waals surface area contributed by atoms with Gasteiger partial charge in [0.05, 0.1) is 6.04 Å². The summed E-state index contributed by atoms with van der Waals surface area (Å²) in [4.78, 5) is 14.6. The number of hydrogen-bond donors (Lipinski definition) is 3. The molecular formula is C9H19N5O. The number of amides is 2. The molecule has 1 atom stereocenters. The van der Waals surface area contributed by atoms with Crippen LogP contribution < -0.4 is 11.5 Å². The van der Waals surface area contributed by atoms with Crippen molar-refractivity contribution >= 4 is 11.9 Å². The largest absolute Gasteiger partial charge is 0.386 e. The van der Waals surface area contributed by atoms with Gasteiger partial charge in [-0.15, -0.1) is 0 Å². The van der Waals surface area contributed by atoms with Crippen molar-refractivity contribution in [3.63, 3.8) is 0 Å². The number of primary amides is 1. The maximum absolute atomic E-state index is 10.9. The number of nitrogens with two attached hydrogens (primary N) is 2. The third-order valence-corrected chi connectivity index (χ3v) is 2.81. The average molecular weight is 213 g/mol. The summed E-state index contributed by atoms with van der Waals surface area (Å²) in [6, 6.07) is -0.370. The fraction of sp³-hybridized carbons (Fsp3) is 0.778. The minimum atomic E-state index is -0.370. The van der Waals surface area contributed by atoms with Crippen LogP contribution in [0.1, 0.15) is 13.3 Å². The number of carbonyl (C=O) groups excluding carboxylic acids is 1. The molecule has 15 heavy (non-hydrogen) atoms. The number of rotatable bonds is 3. The summed E-state index contributed by atoms with van der Waals surface area (Å²) in [5, 5.41) is 7.45. The first-order valence-electron chi connectivity index (χ1n) is 5.18. The molecule has 0 aliphatic carbocycles. The van der Waals surface area contributed by atoms with Crippen molar-refractivity contribution in [2.24, 2.45) is 11.5 Å². The van der Waals surface area contributed by atoms with Gasteiger partial charge in [0.25, 0.3) is 0 Å². The molecule has 0 radical (unpaired) electrons. The molecular weight excluding hydrogens is 194 g/mol. The Hall–Kier alpha value is -1.30. The van der Waals surface area contributed by atoms with E-state index in [0.717, 1.165) is 19.5 Å². The quantitative estimate of drug-likeness (QED) is 0.431.